The molecule has 1 N–H and O–H groups in total. The lowest BCUT2D eigenvalue weighted by Gasteiger charge is -2.23. The Bertz CT molecular complexity index is 921. The van der Waals surface area contributed by atoms with Crippen LogP contribution >= 0.6 is 0 Å². The molecule has 0 spiro atoms. The predicted molar refractivity (Wildman–Crippen MR) is 110 cm³/mol. The molecule has 150 valence electrons. The van der Waals surface area contributed by atoms with Gasteiger partial charge >= 0.3 is 0 Å². The van der Waals surface area contributed by atoms with Gasteiger partial charge in [0.1, 0.15) is 0 Å². The average molecular weight is 391 g/mol. The van der Waals surface area contributed by atoms with Crippen molar-refractivity contribution in [2.45, 2.75) is 32.4 Å². The number of carbonyl (C=O) groups excluding carboxylic acids is 3. The standard InChI is InChI=1S/C23H25N3O3/c1-2-25-12-6-9-18(25)14-24-21(27)17-8-5-7-16(13-17)15-26-22(28)19-10-3-4-11-20(19)23(26)29/h3-5,7-8,10-11,13,18H,2,6,9,12,14-15H2,1H3,(H,24,27). The minimum Gasteiger partial charge on any atom is -0.350 e. The minimum atomic E-state index is -0.290. The number of nitrogens with zero attached hydrogens (tertiary/aromatic N) is 2. The molecule has 6 heteroatoms. The molecule has 1 atom stereocenters. The highest BCUT2D eigenvalue weighted by atomic mass is 16.2. The Labute approximate surface area is 170 Å². The molecule has 6 nitrogen and oxygen atoms in total. The highest BCUT2D eigenvalue weighted by Crippen LogP contribution is 2.24. The Kier molecular flexibility index (Phi) is 5.45. The predicted octanol–water partition coefficient (Wildman–Crippen LogP) is 2.70. The van der Waals surface area contributed by atoms with Gasteiger partial charge in [-0.15, -0.1) is 0 Å². The Morgan fingerprint density at radius 3 is 2.48 bits per heavy atom. The lowest BCUT2D eigenvalue weighted by Crippen LogP contribution is -2.40. The quantitative estimate of drug-likeness (QED) is 0.769. The Morgan fingerprint density at radius 2 is 1.79 bits per heavy atom. The number of amides is 3. The number of imide groups is 1. The number of hydrogen-bond donors (Lipinski definition) is 1. The van der Waals surface area contributed by atoms with Gasteiger partial charge in [-0.05, 0) is 55.8 Å². The van der Waals surface area contributed by atoms with Crippen molar-refractivity contribution >= 4 is 17.7 Å². The molecule has 1 unspecified atom stereocenters. The van der Waals surface area contributed by atoms with E-state index in [1.165, 1.54) is 11.3 Å². The third-order valence-electron chi connectivity index (χ3n) is 5.81. The van der Waals surface area contributed by atoms with Crippen molar-refractivity contribution in [3.05, 3.63) is 70.8 Å². The summed E-state index contributed by atoms with van der Waals surface area (Å²) in [6.07, 6.45) is 2.28. The number of rotatable bonds is 6. The van der Waals surface area contributed by atoms with E-state index in [1.54, 1.807) is 42.5 Å². The maximum Gasteiger partial charge on any atom is 0.261 e. The number of nitrogens with one attached hydrogen (secondary N) is 1. The first-order valence-corrected chi connectivity index (χ1v) is 10.1. The second-order valence-electron chi connectivity index (χ2n) is 7.58. The number of likely N-dealkylation sites (N-methyl/N-ethyl adjacent to an activating group) is 1. The average Bonchev–Trinajstić information content (AvgIpc) is 3.31. The van der Waals surface area contributed by atoms with Gasteiger partial charge < -0.3 is 5.32 Å². The van der Waals surface area contributed by atoms with Gasteiger partial charge in [0.05, 0.1) is 17.7 Å². The molecule has 29 heavy (non-hydrogen) atoms. The fraction of sp³-hybridized carbons (Fsp3) is 0.348. The van der Waals surface area contributed by atoms with Gasteiger partial charge in [-0.3, -0.25) is 24.2 Å². The molecule has 0 aliphatic carbocycles. The van der Waals surface area contributed by atoms with E-state index in [0.717, 1.165) is 25.1 Å². The molecule has 4 rings (SSSR count). The Morgan fingerprint density at radius 1 is 1.07 bits per heavy atom. The Hall–Kier alpha value is -2.99. The second kappa shape index (κ2) is 8.17. The summed E-state index contributed by atoms with van der Waals surface area (Å²) in [5, 5.41) is 3.03. The first kappa shape index (κ1) is 19.3. The monoisotopic (exact) mass is 391 g/mol. The van der Waals surface area contributed by atoms with E-state index >= 15 is 0 Å². The zero-order valence-electron chi connectivity index (χ0n) is 16.6. The van der Waals surface area contributed by atoms with Crippen LogP contribution in [0.3, 0.4) is 0 Å². The van der Waals surface area contributed by atoms with Gasteiger partial charge in [0, 0.05) is 18.2 Å². The SMILES string of the molecule is CCN1CCCC1CNC(=O)c1cccc(CN2C(=O)c3ccccc3C2=O)c1. The van der Waals surface area contributed by atoms with Crippen LogP contribution in [0, 0.1) is 0 Å². The summed E-state index contributed by atoms with van der Waals surface area (Å²) in [6, 6.07) is 14.4. The summed E-state index contributed by atoms with van der Waals surface area (Å²) in [4.78, 5) is 41.4. The van der Waals surface area contributed by atoms with Gasteiger partial charge in [0.2, 0.25) is 0 Å². The summed E-state index contributed by atoms with van der Waals surface area (Å²) in [5.41, 5.74) is 2.16. The van der Waals surface area contributed by atoms with Crippen molar-refractivity contribution in [2.24, 2.45) is 0 Å². The third kappa shape index (κ3) is 3.80. The van der Waals surface area contributed by atoms with Crippen LogP contribution in [0.5, 0.6) is 0 Å². The summed E-state index contributed by atoms with van der Waals surface area (Å²) in [5.74, 6) is -0.708. The van der Waals surface area contributed by atoms with Gasteiger partial charge in [-0.25, -0.2) is 0 Å². The molecule has 2 heterocycles. The van der Waals surface area contributed by atoms with Crippen LogP contribution in [0.1, 0.15) is 56.4 Å². The molecule has 1 saturated heterocycles. The topological polar surface area (TPSA) is 69.7 Å². The fourth-order valence-electron chi connectivity index (χ4n) is 4.23. The van der Waals surface area contributed by atoms with Gasteiger partial charge in [-0.1, -0.05) is 31.2 Å². The van der Waals surface area contributed by atoms with Gasteiger partial charge in [-0.2, -0.15) is 0 Å². The van der Waals surface area contributed by atoms with Crippen LogP contribution in [0.4, 0.5) is 0 Å². The fourth-order valence-corrected chi connectivity index (χ4v) is 4.23. The van der Waals surface area contributed by atoms with E-state index in [-0.39, 0.29) is 24.3 Å². The zero-order chi connectivity index (χ0) is 20.4. The van der Waals surface area contributed by atoms with Crippen LogP contribution in [0.2, 0.25) is 0 Å². The van der Waals surface area contributed by atoms with E-state index in [2.05, 4.69) is 17.1 Å². The number of carbonyl (C=O) groups is 3. The molecule has 0 aromatic heterocycles. The number of benzene rings is 2. The largest absolute Gasteiger partial charge is 0.350 e. The van der Waals surface area contributed by atoms with Crippen LogP contribution in [0.25, 0.3) is 0 Å². The van der Waals surface area contributed by atoms with Crippen molar-refractivity contribution in [1.82, 2.24) is 15.1 Å². The molecule has 2 aliphatic rings. The lowest BCUT2D eigenvalue weighted by molar-refractivity contribution is 0.0642. The molecular formula is C23H25N3O3. The van der Waals surface area contributed by atoms with Crippen molar-refractivity contribution in [2.75, 3.05) is 19.6 Å². The normalized spacial score (nSPS) is 18.9. The molecule has 2 aromatic rings. The second-order valence-corrected chi connectivity index (χ2v) is 7.58. The molecule has 2 aliphatic heterocycles. The smallest absolute Gasteiger partial charge is 0.261 e. The van der Waals surface area contributed by atoms with Crippen molar-refractivity contribution in [3.63, 3.8) is 0 Å². The zero-order valence-corrected chi connectivity index (χ0v) is 16.6. The highest BCUT2D eigenvalue weighted by molar-refractivity contribution is 6.21. The molecule has 0 radical (unpaired) electrons. The van der Waals surface area contributed by atoms with E-state index in [4.69, 9.17) is 0 Å². The first-order chi connectivity index (χ1) is 14.1. The molecule has 1 fully saturated rings. The summed E-state index contributed by atoms with van der Waals surface area (Å²) in [7, 11) is 0. The molecule has 2 aromatic carbocycles. The van der Waals surface area contributed by atoms with Crippen molar-refractivity contribution in [1.29, 1.82) is 0 Å². The molecule has 0 bridgehead atoms. The van der Waals surface area contributed by atoms with E-state index in [9.17, 15) is 14.4 Å². The van der Waals surface area contributed by atoms with E-state index < -0.39 is 0 Å². The first-order valence-electron chi connectivity index (χ1n) is 10.1. The maximum absolute atomic E-state index is 12.6. The molecule has 0 saturated carbocycles. The maximum atomic E-state index is 12.6. The molecular weight excluding hydrogens is 366 g/mol. The number of hydrogen-bond acceptors (Lipinski definition) is 4. The molecule has 3 amide bonds. The van der Waals surface area contributed by atoms with Crippen LogP contribution in [-0.4, -0.2) is 53.2 Å². The Balaban J connectivity index is 1.42. The number of likely N-dealkylation sites (tertiary alicyclic amines) is 1. The highest BCUT2D eigenvalue weighted by Gasteiger charge is 2.35. The number of fused-ring (bicyclic) bond motifs is 1. The van der Waals surface area contributed by atoms with E-state index in [1.807, 2.05) is 6.07 Å². The summed E-state index contributed by atoms with van der Waals surface area (Å²) >= 11 is 0. The van der Waals surface area contributed by atoms with Crippen molar-refractivity contribution < 1.29 is 14.4 Å². The van der Waals surface area contributed by atoms with Crippen LogP contribution < -0.4 is 5.32 Å². The van der Waals surface area contributed by atoms with Crippen LogP contribution in [0.15, 0.2) is 48.5 Å². The third-order valence-corrected chi connectivity index (χ3v) is 5.81. The minimum absolute atomic E-state index is 0.128. The summed E-state index contributed by atoms with van der Waals surface area (Å²) in [6.45, 7) is 5.01. The summed E-state index contributed by atoms with van der Waals surface area (Å²) < 4.78 is 0. The van der Waals surface area contributed by atoms with Gasteiger partial charge in [0.25, 0.3) is 17.7 Å². The van der Waals surface area contributed by atoms with Crippen molar-refractivity contribution in [3.8, 4) is 0 Å². The lowest BCUT2D eigenvalue weighted by atomic mass is 10.1. The van der Waals surface area contributed by atoms with Gasteiger partial charge in [0.15, 0.2) is 0 Å². The van der Waals surface area contributed by atoms with Crippen LogP contribution in [-0.2, 0) is 6.54 Å². The van der Waals surface area contributed by atoms with E-state index in [0.29, 0.717) is 29.3 Å².